The van der Waals surface area contributed by atoms with Crippen molar-refractivity contribution in [3.8, 4) is 0 Å². The second-order valence-corrected chi connectivity index (χ2v) is 7.99. The molecule has 1 N–H and O–H groups in total. The first kappa shape index (κ1) is 20.4. The van der Waals surface area contributed by atoms with E-state index < -0.39 is 0 Å². The summed E-state index contributed by atoms with van der Waals surface area (Å²) in [6.07, 6.45) is 5.08. The minimum absolute atomic E-state index is 0. The van der Waals surface area contributed by atoms with Crippen LogP contribution in [0.5, 0.6) is 0 Å². The van der Waals surface area contributed by atoms with E-state index in [9.17, 15) is 0 Å². The minimum atomic E-state index is 0. The summed E-state index contributed by atoms with van der Waals surface area (Å²) < 4.78 is 11.9. The van der Waals surface area contributed by atoms with Crippen LogP contribution >= 0.6 is 36.2 Å². The topological polar surface area (TPSA) is 33.7 Å². The highest BCUT2D eigenvalue weighted by atomic mass is 35.5. The molecule has 0 saturated carbocycles. The molecule has 4 nitrogen and oxygen atoms in total. The molecule has 138 valence electrons. The van der Waals surface area contributed by atoms with Crippen molar-refractivity contribution in [2.45, 2.75) is 43.9 Å². The van der Waals surface area contributed by atoms with Crippen LogP contribution in [-0.4, -0.2) is 49.9 Å². The van der Waals surface area contributed by atoms with Crippen LogP contribution < -0.4 is 5.32 Å². The van der Waals surface area contributed by atoms with Crippen molar-refractivity contribution < 1.29 is 9.47 Å². The van der Waals surface area contributed by atoms with E-state index in [1.807, 2.05) is 11.3 Å². The van der Waals surface area contributed by atoms with E-state index >= 15 is 0 Å². The van der Waals surface area contributed by atoms with Crippen molar-refractivity contribution in [1.29, 1.82) is 0 Å². The molecule has 0 radical (unpaired) electrons. The number of morpholine rings is 1. The average molecular weight is 395 g/mol. The van der Waals surface area contributed by atoms with Gasteiger partial charge in [0.25, 0.3) is 0 Å². The molecule has 4 rings (SSSR count). The lowest BCUT2D eigenvalue weighted by atomic mass is 9.90. The summed E-state index contributed by atoms with van der Waals surface area (Å²) >= 11 is 1.94. The van der Waals surface area contributed by atoms with Crippen LogP contribution in [0.15, 0.2) is 12.1 Å². The fourth-order valence-electron chi connectivity index (χ4n) is 3.82. The SMILES string of the molecule is Cl.Cl.c1cc(C2CCCO2)sc1CN1CCC2(CC1)CNCCO2. The molecule has 0 aromatic carbocycles. The Morgan fingerprint density at radius 2 is 2.04 bits per heavy atom. The smallest absolute Gasteiger partial charge is 0.0917 e. The molecule has 4 heterocycles. The summed E-state index contributed by atoms with van der Waals surface area (Å²) in [4.78, 5) is 5.47. The number of halogens is 2. The van der Waals surface area contributed by atoms with Crippen LogP contribution in [0.2, 0.25) is 0 Å². The van der Waals surface area contributed by atoms with E-state index in [0.717, 1.165) is 58.8 Å². The molecule has 1 spiro atoms. The molecule has 3 saturated heterocycles. The van der Waals surface area contributed by atoms with Gasteiger partial charge in [-0.1, -0.05) is 0 Å². The third kappa shape index (κ3) is 4.64. The molecule has 1 aromatic heterocycles. The van der Waals surface area contributed by atoms with Gasteiger partial charge in [0.1, 0.15) is 0 Å². The number of likely N-dealkylation sites (tertiary alicyclic amines) is 1. The Kier molecular flexibility index (Phi) is 7.81. The molecule has 3 fully saturated rings. The lowest BCUT2D eigenvalue weighted by Gasteiger charge is -2.44. The maximum Gasteiger partial charge on any atom is 0.0917 e. The summed E-state index contributed by atoms with van der Waals surface area (Å²) in [7, 11) is 0. The highest BCUT2D eigenvalue weighted by molar-refractivity contribution is 7.12. The lowest BCUT2D eigenvalue weighted by Crippen LogP contribution is -2.55. The molecule has 3 aliphatic rings. The normalized spacial score (nSPS) is 26.8. The molecule has 3 aliphatic heterocycles. The fourth-order valence-corrected chi connectivity index (χ4v) is 4.96. The number of hydrogen-bond donors (Lipinski definition) is 1. The van der Waals surface area contributed by atoms with Crippen molar-refractivity contribution in [1.82, 2.24) is 10.2 Å². The molecule has 1 aromatic rings. The van der Waals surface area contributed by atoms with E-state index in [1.165, 1.54) is 22.6 Å². The highest BCUT2D eigenvalue weighted by Crippen LogP contribution is 2.34. The van der Waals surface area contributed by atoms with Crippen molar-refractivity contribution in [3.05, 3.63) is 21.9 Å². The van der Waals surface area contributed by atoms with Crippen LogP contribution in [0.4, 0.5) is 0 Å². The van der Waals surface area contributed by atoms with Gasteiger partial charge in [0.05, 0.1) is 18.3 Å². The predicted molar refractivity (Wildman–Crippen MR) is 103 cm³/mol. The maximum absolute atomic E-state index is 6.07. The summed E-state index contributed by atoms with van der Waals surface area (Å²) in [6.45, 7) is 7.22. The van der Waals surface area contributed by atoms with Crippen molar-refractivity contribution in [2.75, 3.05) is 39.4 Å². The molecule has 1 unspecified atom stereocenters. The quantitative estimate of drug-likeness (QED) is 0.851. The van der Waals surface area contributed by atoms with Crippen molar-refractivity contribution >= 4 is 36.2 Å². The Balaban J connectivity index is 0.00000104. The first-order valence-electron chi connectivity index (χ1n) is 8.60. The number of rotatable bonds is 3. The van der Waals surface area contributed by atoms with Gasteiger partial charge < -0.3 is 14.8 Å². The predicted octanol–water partition coefficient (Wildman–Crippen LogP) is 3.40. The van der Waals surface area contributed by atoms with E-state index in [2.05, 4.69) is 22.3 Å². The van der Waals surface area contributed by atoms with Gasteiger partial charge in [0.2, 0.25) is 0 Å². The van der Waals surface area contributed by atoms with Gasteiger partial charge in [-0.25, -0.2) is 0 Å². The number of hydrogen-bond acceptors (Lipinski definition) is 5. The Bertz CT molecular complexity index is 493. The first-order valence-corrected chi connectivity index (χ1v) is 9.42. The van der Waals surface area contributed by atoms with E-state index in [-0.39, 0.29) is 30.4 Å². The van der Waals surface area contributed by atoms with Crippen molar-refractivity contribution in [3.63, 3.8) is 0 Å². The van der Waals surface area contributed by atoms with Gasteiger partial charge in [0.15, 0.2) is 0 Å². The number of piperidine rings is 1. The van der Waals surface area contributed by atoms with Gasteiger partial charge in [-0.2, -0.15) is 0 Å². The molecule has 0 bridgehead atoms. The summed E-state index contributed by atoms with van der Waals surface area (Å²) in [5.74, 6) is 0. The minimum Gasteiger partial charge on any atom is -0.373 e. The Labute approximate surface area is 161 Å². The van der Waals surface area contributed by atoms with Gasteiger partial charge >= 0.3 is 0 Å². The van der Waals surface area contributed by atoms with E-state index in [4.69, 9.17) is 9.47 Å². The summed E-state index contributed by atoms with van der Waals surface area (Å²) in [5.41, 5.74) is 0.118. The van der Waals surface area contributed by atoms with Crippen molar-refractivity contribution in [2.24, 2.45) is 0 Å². The Hall–Kier alpha value is 0.120. The molecular weight excluding hydrogens is 367 g/mol. The molecule has 24 heavy (non-hydrogen) atoms. The third-order valence-electron chi connectivity index (χ3n) is 5.21. The average Bonchev–Trinajstić information content (AvgIpc) is 3.22. The second-order valence-electron chi connectivity index (χ2n) is 6.79. The first-order chi connectivity index (χ1) is 10.8. The lowest BCUT2D eigenvalue weighted by molar-refractivity contribution is -0.100. The zero-order valence-electron chi connectivity index (χ0n) is 14.0. The molecule has 1 atom stereocenters. The maximum atomic E-state index is 6.07. The largest absolute Gasteiger partial charge is 0.373 e. The highest BCUT2D eigenvalue weighted by Gasteiger charge is 2.36. The Morgan fingerprint density at radius 1 is 1.21 bits per heavy atom. The zero-order valence-corrected chi connectivity index (χ0v) is 16.4. The zero-order chi connectivity index (χ0) is 14.8. The van der Waals surface area contributed by atoms with Crippen LogP contribution in [0.25, 0.3) is 0 Å². The summed E-state index contributed by atoms with van der Waals surface area (Å²) in [6, 6.07) is 4.57. The van der Waals surface area contributed by atoms with E-state index in [0.29, 0.717) is 6.10 Å². The number of nitrogens with zero attached hydrogens (tertiary/aromatic N) is 1. The number of thiophene rings is 1. The summed E-state index contributed by atoms with van der Waals surface area (Å²) in [5, 5.41) is 3.49. The van der Waals surface area contributed by atoms with Gasteiger partial charge in [0, 0.05) is 49.1 Å². The van der Waals surface area contributed by atoms with Crippen LogP contribution in [-0.2, 0) is 16.0 Å². The molecule has 0 aliphatic carbocycles. The Morgan fingerprint density at radius 3 is 2.71 bits per heavy atom. The van der Waals surface area contributed by atoms with Gasteiger partial charge in [-0.3, -0.25) is 4.90 Å². The number of ether oxygens (including phenoxy) is 2. The third-order valence-corrected chi connectivity index (χ3v) is 6.37. The molecule has 0 amide bonds. The van der Waals surface area contributed by atoms with Gasteiger partial charge in [-0.15, -0.1) is 36.2 Å². The van der Waals surface area contributed by atoms with Crippen LogP contribution in [0.3, 0.4) is 0 Å². The van der Waals surface area contributed by atoms with Gasteiger partial charge in [-0.05, 0) is 37.8 Å². The second kappa shape index (κ2) is 9.17. The monoisotopic (exact) mass is 394 g/mol. The number of nitrogens with one attached hydrogen (secondary N) is 1. The van der Waals surface area contributed by atoms with Crippen LogP contribution in [0, 0.1) is 0 Å². The molecule has 7 heteroatoms. The van der Waals surface area contributed by atoms with Crippen LogP contribution in [0.1, 0.15) is 41.5 Å². The van der Waals surface area contributed by atoms with E-state index in [1.54, 1.807) is 0 Å². The standard InChI is InChI=1S/C17H26N2O2S.2ClH/c1-2-15(20-10-1)16-4-3-14(22-16)12-19-8-5-17(6-9-19)13-18-7-11-21-17;;/h3-4,15,18H,1-2,5-13H2;2*1H. The fraction of sp³-hybridized carbons (Fsp3) is 0.765. The molecular formula is C17H28Cl2N2O2S.